The quantitative estimate of drug-likeness (QED) is 0.800. The van der Waals surface area contributed by atoms with Crippen LogP contribution in [0, 0.1) is 11.8 Å². The summed E-state index contributed by atoms with van der Waals surface area (Å²) in [5.74, 6) is 5.77. The molecule has 0 bridgehead atoms. The summed E-state index contributed by atoms with van der Waals surface area (Å²) in [5, 5.41) is 4.09. The molecule has 0 aliphatic rings. The highest BCUT2D eigenvalue weighted by Crippen LogP contribution is 2.22. The average Bonchev–Trinajstić information content (AvgIpc) is 2.44. The highest BCUT2D eigenvalue weighted by molar-refractivity contribution is 9.10. The molecule has 1 rings (SSSR count). The van der Waals surface area contributed by atoms with Gasteiger partial charge in [-0.25, -0.2) is 0 Å². The van der Waals surface area contributed by atoms with Crippen molar-refractivity contribution in [2.75, 3.05) is 0 Å². The van der Waals surface area contributed by atoms with E-state index in [1.165, 1.54) is 0 Å². The van der Waals surface area contributed by atoms with E-state index >= 15 is 0 Å². The van der Waals surface area contributed by atoms with Gasteiger partial charge in [-0.3, -0.25) is 4.68 Å². The molecule has 0 radical (unpaired) electrons. The number of nitrogens with zero attached hydrogens (tertiary/aromatic N) is 2. The molecule has 1 aromatic rings. The minimum Gasteiger partial charge on any atom is -0.323 e. The van der Waals surface area contributed by atoms with Crippen LogP contribution < -0.4 is 5.73 Å². The molecule has 1 atom stereocenters. The molecule has 0 aliphatic heterocycles. The van der Waals surface area contributed by atoms with Gasteiger partial charge in [0.25, 0.3) is 0 Å². The van der Waals surface area contributed by atoms with Gasteiger partial charge in [0.05, 0.1) is 6.20 Å². The van der Waals surface area contributed by atoms with E-state index < -0.39 is 0 Å². The van der Waals surface area contributed by atoms with Gasteiger partial charge < -0.3 is 5.73 Å². The lowest BCUT2D eigenvalue weighted by Gasteiger charge is -2.05. The van der Waals surface area contributed by atoms with Crippen molar-refractivity contribution in [1.29, 1.82) is 0 Å². The second-order valence-electron chi connectivity index (χ2n) is 2.75. The van der Waals surface area contributed by atoms with Crippen LogP contribution >= 0.6 is 15.9 Å². The van der Waals surface area contributed by atoms with E-state index in [1.54, 1.807) is 10.9 Å². The number of halogens is 1. The summed E-state index contributed by atoms with van der Waals surface area (Å²) in [7, 11) is 1.87. The van der Waals surface area contributed by atoms with E-state index in [0.717, 1.165) is 10.2 Å². The predicted octanol–water partition coefficient (Wildman–Crippen LogP) is 1.60. The van der Waals surface area contributed by atoms with Crippen molar-refractivity contribution < 1.29 is 0 Å². The van der Waals surface area contributed by atoms with Crippen molar-refractivity contribution in [3.05, 3.63) is 16.4 Å². The lowest BCUT2D eigenvalue weighted by molar-refractivity contribution is 0.726. The van der Waals surface area contributed by atoms with Crippen LogP contribution in [0.5, 0.6) is 0 Å². The smallest absolute Gasteiger partial charge is 0.108 e. The predicted molar refractivity (Wildman–Crippen MR) is 55.9 cm³/mol. The molecule has 0 saturated heterocycles. The number of hydrogen-bond acceptors (Lipinski definition) is 2. The fourth-order valence-corrected chi connectivity index (χ4v) is 1.50. The number of hydrogen-bond donors (Lipinski definition) is 1. The van der Waals surface area contributed by atoms with Gasteiger partial charge in [-0.15, -0.1) is 11.8 Å². The molecule has 0 saturated carbocycles. The van der Waals surface area contributed by atoms with Gasteiger partial charge in [0, 0.05) is 25.1 Å². The summed E-state index contributed by atoms with van der Waals surface area (Å²) in [6, 6.07) is -0.0597. The lowest BCUT2D eigenvalue weighted by Crippen LogP contribution is -2.09. The summed E-state index contributed by atoms with van der Waals surface area (Å²) in [6.45, 7) is 1.81. The Bertz CT molecular complexity index is 345. The van der Waals surface area contributed by atoms with Crippen LogP contribution in [-0.2, 0) is 7.05 Å². The Kier molecular flexibility index (Phi) is 3.52. The molecule has 1 unspecified atom stereocenters. The van der Waals surface area contributed by atoms with Gasteiger partial charge in [-0.1, -0.05) is 0 Å². The molecule has 0 aromatic carbocycles. The maximum Gasteiger partial charge on any atom is 0.108 e. The van der Waals surface area contributed by atoms with E-state index in [4.69, 9.17) is 5.73 Å². The van der Waals surface area contributed by atoms with E-state index in [-0.39, 0.29) is 6.04 Å². The topological polar surface area (TPSA) is 43.8 Å². The number of nitrogens with two attached hydrogens (primary N) is 1. The van der Waals surface area contributed by atoms with E-state index in [1.807, 2.05) is 14.0 Å². The number of aryl methyl sites for hydroxylation is 1. The van der Waals surface area contributed by atoms with Crippen LogP contribution in [0.4, 0.5) is 0 Å². The van der Waals surface area contributed by atoms with Crippen molar-refractivity contribution in [3.63, 3.8) is 0 Å². The Morgan fingerprint density at radius 3 is 2.92 bits per heavy atom. The van der Waals surface area contributed by atoms with Crippen LogP contribution in [0.2, 0.25) is 0 Å². The average molecular weight is 242 g/mol. The summed E-state index contributed by atoms with van der Waals surface area (Å²) in [5.41, 5.74) is 6.91. The van der Waals surface area contributed by atoms with Crippen molar-refractivity contribution in [2.24, 2.45) is 12.8 Å². The van der Waals surface area contributed by atoms with Gasteiger partial charge in [0.1, 0.15) is 4.60 Å². The summed E-state index contributed by atoms with van der Waals surface area (Å²) < 4.78 is 2.67. The number of rotatable bonds is 2. The zero-order valence-corrected chi connectivity index (χ0v) is 9.30. The minimum absolute atomic E-state index is 0.0597. The van der Waals surface area contributed by atoms with Crippen molar-refractivity contribution in [1.82, 2.24) is 9.78 Å². The van der Waals surface area contributed by atoms with Crippen molar-refractivity contribution in [2.45, 2.75) is 19.4 Å². The maximum absolute atomic E-state index is 5.91. The maximum atomic E-state index is 5.91. The minimum atomic E-state index is -0.0597. The highest BCUT2D eigenvalue weighted by Gasteiger charge is 2.11. The highest BCUT2D eigenvalue weighted by atomic mass is 79.9. The molecule has 4 heteroatoms. The Morgan fingerprint density at radius 1 is 1.77 bits per heavy atom. The fourth-order valence-electron chi connectivity index (χ4n) is 1.01. The molecule has 3 nitrogen and oxygen atoms in total. The van der Waals surface area contributed by atoms with Gasteiger partial charge in [-0.2, -0.15) is 5.10 Å². The molecule has 0 amide bonds. The molecule has 13 heavy (non-hydrogen) atoms. The zero-order chi connectivity index (χ0) is 9.84. The first kappa shape index (κ1) is 10.3. The van der Waals surface area contributed by atoms with Crippen LogP contribution in [0.25, 0.3) is 0 Å². The molecule has 70 valence electrons. The standard InChI is InChI=1S/C9H12BrN3/c1-3-4-5-8(11)7-6-12-13(2)9(7)10/h6,8H,5,11H2,1-2H3. The molecular formula is C9H12BrN3. The molecule has 0 aliphatic carbocycles. The molecular weight excluding hydrogens is 230 g/mol. The van der Waals surface area contributed by atoms with E-state index in [0.29, 0.717) is 6.42 Å². The zero-order valence-electron chi connectivity index (χ0n) is 7.71. The Morgan fingerprint density at radius 2 is 2.46 bits per heavy atom. The summed E-state index contributed by atoms with van der Waals surface area (Å²) in [4.78, 5) is 0. The fraction of sp³-hybridized carbons (Fsp3) is 0.444. The first-order valence-corrected chi connectivity index (χ1v) is 4.78. The molecule has 0 fully saturated rings. The monoisotopic (exact) mass is 241 g/mol. The van der Waals surface area contributed by atoms with Gasteiger partial charge in [0.15, 0.2) is 0 Å². The molecule has 1 aromatic heterocycles. The normalized spacial score (nSPS) is 12.0. The largest absolute Gasteiger partial charge is 0.323 e. The van der Waals surface area contributed by atoms with Crippen molar-refractivity contribution in [3.8, 4) is 11.8 Å². The third kappa shape index (κ3) is 2.33. The Hall–Kier alpha value is -0.790. The second kappa shape index (κ2) is 4.45. The molecule has 0 spiro atoms. The van der Waals surface area contributed by atoms with Crippen molar-refractivity contribution >= 4 is 15.9 Å². The second-order valence-corrected chi connectivity index (χ2v) is 3.50. The van der Waals surface area contributed by atoms with Crippen LogP contribution in [0.15, 0.2) is 10.8 Å². The van der Waals surface area contributed by atoms with E-state index in [2.05, 4.69) is 32.9 Å². The van der Waals surface area contributed by atoms with Crippen LogP contribution in [0.3, 0.4) is 0 Å². The Balaban J connectivity index is 2.80. The van der Waals surface area contributed by atoms with Crippen LogP contribution in [0.1, 0.15) is 24.9 Å². The first-order valence-electron chi connectivity index (χ1n) is 3.99. The van der Waals surface area contributed by atoms with E-state index in [9.17, 15) is 0 Å². The van der Waals surface area contributed by atoms with Gasteiger partial charge in [-0.05, 0) is 22.9 Å². The van der Waals surface area contributed by atoms with Gasteiger partial charge in [0.2, 0.25) is 0 Å². The first-order chi connectivity index (χ1) is 6.16. The third-order valence-electron chi connectivity index (χ3n) is 1.79. The SMILES string of the molecule is CC#CCC(N)c1cnn(C)c1Br. The third-order valence-corrected chi connectivity index (χ3v) is 2.76. The molecule has 2 N–H and O–H groups in total. The molecule has 1 heterocycles. The Labute approximate surface area is 86.4 Å². The lowest BCUT2D eigenvalue weighted by atomic mass is 10.1. The number of aromatic nitrogens is 2. The summed E-state index contributed by atoms with van der Waals surface area (Å²) >= 11 is 3.41. The van der Waals surface area contributed by atoms with Crippen LogP contribution in [-0.4, -0.2) is 9.78 Å². The van der Waals surface area contributed by atoms with Gasteiger partial charge >= 0.3 is 0 Å². The summed E-state index contributed by atoms with van der Waals surface area (Å²) in [6.07, 6.45) is 2.44.